The van der Waals surface area contributed by atoms with E-state index in [9.17, 15) is 9.50 Å². The Morgan fingerprint density at radius 3 is 2.70 bits per heavy atom. The van der Waals surface area contributed by atoms with Gasteiger partial charge in [-0.1, -0.05) is 11.6 Å². The molecule has 2 aromatic carbocycles. The second-order valence-corrected chi connectivity index (χ2v) is 7.30. The van der Waals surface area contributed by atoms with E-state index >= 15 is 0 Å². The van der Waals surface area contributed by atoms with Crippen molar-refractivity contribution >= 4 is 34.0 Å². The Morgan fingerprint density at radius 1 is 1.10 bits per heavy atom. The number of aromatic nitrogens is 3. The Kier molecular flexibility index (Phi) is 5.94. The minimum Gasteiger partial charge on any atom is -0.396 e. The predicted octanol–water partition coefficient (Wildman–Crippen LogP) is 4.21. The Morgan fingerprint density at radius 2 is 1.93 bits per heavy atom. The fourth-order valence-electron chi connectivity index (χ4n) is 3.40. The van der Waals surface area contributed by atoms with Gasteiger partial charge in [0, 0.05) is 42.3 Å². The Balaban J connectivity index is 1.74. The van der Waals surface area contributed by atoms with Crippen LogP contribution in [0.15, 0.2) is 55.1 Å². The molecule has 0 amide bonds. The molecule has 0 fully saturated rings. The van der Waals surface area contributed by atoms with Crippen molar-refractivity contribution in [3.8, 4) is 5.69 Å². The van der Waals surface area contributed by atoms with Crippen molar-refractivity contribution < 1.29 is 9.50 Å². The summed E-state index contributed by atoms with van der Waals surface area (Å²) in [6.45, 7) is 0.817. The average molecular weight is 426 g/mol. The third-order valence-electron chi connectivity index (χ3n) is 4.85. The average Bonchev–Trinajstić information content (AvgIpc) is 3.14. The second kappa shape index (κ2) is 8.79. The first-order chi connectivity index (χ1) is 14.6. The summed E-state index contributed by atoms with van der Waals surface area (Å²) in [6, 6.07) is 10.3. The van der Waals surface area contributed by atoms with Crippen LogP contribution in [0, 0.1) is 5.82 Å². The monoisotopic (exact) mass is 425 g/mol. The van der Waals surface area contributed by atoms with Crippen molar-refractivity contribution in [1.29, 1.82) is 0 Å². The number of nitrogens with one attached hydrogen (secondary N) is 2. The van der Waals surface area contributed by atoms with Gasteiger partial charge in [0.15, 0.2) is 0 Å². The lowest BCUT2D eigenvalue weighted by molar-refractivity contribution is 0.299. The molecule has 0 aliphatic carbocycles. The fraction of sp³-hybridized carbons (Fsp3) is 0.182. The van der Waals surface area contributed by atoms with Crippen LogP contribution in [0.5, 0.6) is 0 Å². The molecule has 154 valence electrons. The van der Waals surface area contributed by atoms with E-state index in [4.69, 9.17) is 11.6 Å². The zero-order valence-electron chi connectivity index (χ0n) is 16.4. The van der Waals surface area contributed by atoms with E-state index in [1.165, 1.54) is 18.5 Å². The van der Waals surface area contributed by atoms with E-state index in [2.05, 4.69) is 26.8 Å². The zero-order chi connectivity index (χ0) is 21.1. The van der Waals surface area contributed by atoms with Crippen LogP contribution in [0.25, 0.3) is 16.6 Å². The molecule has 0 aliphatic rings. The highest BCUT2D eigenvalue weighted by Crippen LogP contribution is 2.28. The number of benzene rings is 2. The molecule has 4 rings (SSSR count). The lowest BCUT2D eigenvalue weighted by atomic mass is 10.1. The molecule has 2 aromatic heterocycles. The molecule has 0 saturated heterocycles. The van der Waals surface area contributed by atoms with Gasteiger partial charge in [0.25, 0.3) is 0 Å². The van der Waals surface area contributed by atoms with Crippen LogP contribution in [0.3, 0.4) is 0 Å². The number of anilines is 2. The quantitative estimate of drug-likeness (QED) is 0.413. The molecule has 0 saturated carbocycles. The maximum Gasteiger partial charge on any atom is 0.141 e. The summed E-state index contributed by atoms with van der Waals surface area (Å²) in [5, 5.41) is 16.6. The minimum atomic E-state index is -0.472. The third-order valence-corrected chi connectivity index (χ3v) is 5.14. The van der Waals surface area contributed by atoms with Gasteiger partial charge in [0.1, 0.15) is 18.0 Å². The molecule has 0 bridgehead atoms. The molecule has 0 spiro atoms. The Hall–Kier alpha value is -3.00. The number of hydrogen-bond acceptors (Lipinski definition) is 5. The Bertz CT molecular complexity index is 1170. The van der Waals surface area contributed by atoms with Gasteiger partial charge in [-0.3, -0.25) is 0 Å². The lowest BCUT2D eigenvalue weighted by Gasteiger charge is -2.11. The highest BCUT2D eigenvalue weighted by Gasteiger charge is 2.11. The summed E-state index contributed by atoms with van der Waals surface area (Å²) >= 11 is 5.90. The number of halogens is 2. The van der Waals surface area contributed by atoms with Crippen LogP contribution < -0.4 is 10.6 Å². The summed E-state index contributed by atoms with van der Waals surface area (Å²) in [7, 11) is 1.90. The van der Waals surface area contributed by atoms with Gasteiger partial charge in [0.2, 0.25) is 0 Å². The van der Waals surface area contributed by atoms with E-state index in [1.807, 2.05) is 36.0 Å². The molecule has 2 heterocycles. The van der Waals surface area contributed by atoms with Gasteiger partial charge in [-0.2, -0.15) is 0 Å². The van der Waals surface area contributed by atoms with Gasteiger partial charge in [-0.25, -0.2) is 14.4 Å². The van der Waals surface area contributed by atoms with Crippen LogP contribution in [-0.2, 0) is 13.0 Å². The maximum absolute atomic E-state index is 13.5. The van der Waals surface area contributed by atoms with Gasteiger partial charge in [-0.05, 0) is 61.0 Å². The molecule has 0 unspecified atom stereocenters. The number of rotatable bonds is 7. The standard InChI is InChI=1S/C22H21ClFN5O/c1-25-10-15-12-29(11-14(15)6-7-30)17-3-5-21-18(9-17)22(27-13-26-21)28-16-2-4-20(24)19(23)8-16/h2-5,8-9,11-13,25,30H,6-7,10H2,1H3,(H,26,27,28). The molecular weight excluding hydrogens is 405 g/mol. The largest absolute Gasteiger partial charge is 0.396 e. The molecule has 30 heavy (non-hydrogen) atoms. The van der Waals surface area contributed by atoms with Crippen LogP contribution in [0.2, 0.25) is 5.02 Å². The smallest absolute Gasteiger partial charge is 0.141 e. The first-order valence-corrected chi connectivity index (χ1v) is 9.89. The molecule has 0 aliphatic heterocycles. The molecule has 6 nitrogen and oxygen atoms in total. The SMILES string of the molecule is CNCc1cn(-c2ccc3ncnc(Nc4ccc(F)c(Cl)c4)c3c2)cc1CCO. The first kappa shape index (κ1) is 20.3. The van der Waals surface area contributed by atoms with Crippen molar-refractivity contribution in [2.24, 2.45) is 0 Å². The van der Waals surface area contributed by atoms with E-state index in [1.54, 1.807) is 6.07 Å². The van der Waals surface area contributed by atoms with Gasteiger partial charge >= 0.3 is 0 Å². The highest BCUT2D eigenvalue weighted by molar-refractivity contribution is 6.31. The molecule has 0 atom stereocenters. The molecular formula is C22H21ClFN5O. The second-order valence-electron chi connectivity index (χ2n) is 6.90. The van der Waals surface area contributed by atoms with Crippen molar-refractivity contribution in [1.82, 2.24) is 19.9 Å². The van der Waals surface area contributed by atoms with Crippen molar-refractivity contribution in [3.05, 3.63) is 77.1 Å². The summed E-state index contributed by atoms with van der Waals surface area (Å²) in [5.41, 5.74) is 4.59. The molecule has 8 heteroatoms. The van der Waals surface area contributed by atoms with Gasteiger partial charge in [-0.15, -0.1) is 0 Å². The number of aliphatic hydroxyl groups is 1. The summed E-state index contributed by atoms with van der Waals surface area (Å²) < 4.78 is 15.5. The summed E-state index contributed by atoms with van der Waals surface area (Å²) in [4.78, 5) is 8.70. The van der Waals surface area contributed by atoms with E-state index in [0.29, 0.717) is 17.9 Å². The molecule has 4 aromatic rings. The number of fused-ring (bicyclic) bond motifs is 1. The van der Waals surface area contributed by atoms with Gasteiger partial charge < -0.3 is 20.3 Å². The van der Waals surface area contributed by atoms with Crippen molar-refractivity contribution in [2.75, 3.05) is 19.0 Å². The number of nitrogens with zero attached hydrogens (tertiary/aromatic N) is 3. The summed E-state index contributed by atoms with van der Waals surface area (Å²) in [6.07, 6.45) is 6.16. The topological polar surface area (TPSA) is 75.0 Å². The third kappa shape index (κ3) is 4.14. The van der Waals surface area contributed by atoms with Gasteiger partial charge in [0.05, 0.1) is 10.5 Å². The molecule has 3 N–H and O–H groups in total. The van der Waals surface area contributed by atoms with E-state index in [0.717, 1.165) is 34.3 Å². The first-order valence-electron chi connectivity index (χ1n) is 9.51. The van der Waals surface area contributed by atoms with Crippen molar-refractivity contribution in [2.45, 2.75) is 13.0 Å². The normalized spacial score (nSPS) is 11.2. The van der Waals surface area contributed by atoms with Crippen LogP contribution in [0.1, 0.15) is 11.1 Å². The Labute approximate surface area is 178 Å². The maximum atomic E-state index is 13.5. The zero-order valence-corrected chi connectivity index (χ0v) is 17.1. The fourth-order valence-corrected chi connectivity index (χ4v) is 3.58. The summed E-state index contributed by atoms with van der Waals surface area (Å²) in [5.74, 6) is 0.128. The van der Waals surface area contributed by atoms with Crippen LogP contribution >= 0.6 is 11.6 Å². The lowest BCUT2D eigenvalue weighted by Crippen LogP contribution is -2.06. The van der Waals surface area contributed by atoms with E-state index < -0.39 is 5.82 Å². The van der Waals surface area contributed by atoms with Crippen molar-refractivity contribution in [3.63, 3.8) is 0 Å². The number of hydrogen-bond donors (Lipinski definition) is 3. The predicted molar refractivity (Wildman–Crippen MR) is 117 cm³/mol. The highest BCUT2D eigenvalue weighted by atomic mass is 35.5. The van der Waals surface area contributed by atoms with E-state index in [-0.39, 0.29) is 11.6 Å². The molecule has 0 radical (unpaired) electrons. The number of aliphatic hydroxyl groups excluding tert-OH is 1. The van der Waals surface area contributed by atoms with Crippen LogP contribution in [0.4, 0.5) is 15.9 Å². The minimum absolute atomic E-state index is 0.0415. The van der Waals surface area contributed by atoms with Crippen LogP contribution in [-0.4, -0.2) is 33.3 Å².